The number of anilines is 3. The summed E-state index contributed by atoms with van der Waals surface area (Å²) in [6.45, 7) is 1.83. The number of carbonyl (C=O) groups excluding carboxylic acids is 1. The monoisotopic (exact) mass is 366 g/mol. The Morgan fingerprint density at radius 2 is 2.17 bits per heavy atom. The van der Waals surface area contributed by atoms with E-state index in [2.05, 4.69) is 30.8 Å². The van der Waals surface area contributed by atoms with Gasteiger partial charge in [0.2, 0.25) is 11.0 Å². The maximum absolute atomic E-state index is 11.9. The molecule has 0 aliphatic heterocycles. The van der Waals surface area contributed by atoms with Crippen LogP contribution in [0.5, 0.6) is 0 Å². The topological polar surface area (TPSA) is 92.7 Å². The third kappa shape index (κ3) is 4.44. The van der Waals surface area contributed by atoms with Crippen molar-refractivity contribution in [1.82, 2.24) is 20.2 Å². The quantitative estimate of drug-likeness (QED) is 0.719. The van der Waals surface area contributed by atoms with Crippen LogP contribution in [-0.2, 0) is 11.2 Å². The average molecular weight is 367 g/mol. The predicted octanol–water partition coefficient (Wildman–Crippen LogP) is 3.28. The van der Waals surface area contributed by atoms with Crippen molar-refractivity contribution in [1.29, 1.82) is 0 Å². The molecule has 7 nitrogen and oxygen atoms in total. The highest BCUT2D eigenvalue weighted by Gasteiger charge is 2.10. The van der Waals surface area contributed by atoms with Gasteiger partial charge < -0.3 is 10.6 Å². The Morgan fingerprint density at radius 3 is 2.87 bits per heavy atom. The van der Waals surface area contributed by atoms with Crippen molar-refractivity contribution in [3.05, 3.63) is 39.4 Å². The number of carbonyl (C=O) groups is 1. The van der Waals surface area contributed by atoms with Crippen molar-refractivity contribution in [2.24, 2.45) is 0 Å². The van der Waals surface area contributed by atoms with Crippen LogP contribution in [0.3, 0.4) is 0 Å². The first-order valence-corrected chi connectivity index (χ1v) is 8.59. The second-order valence-corrected chi connectivity index (χ2v) is 6.96. The number of nitrogens with zero attached hydrogens (tertiary/aromatic N) is 4. The number of amides is 1. The predicted molar refractivity (Wildman–Crippen MR) is 91.6 cm³/mol. The number of hydrogen-bond acceptors (Lipinski definition) is 8. The highest BCUT2D eigenvalue weighted by molar-refractivity contribution is 7.15. The summed E-state index contributed by atoms with van der Waals surface area (Å²) in [7, 11) is 0. The SMILES string of the molecule is Cc1nnc(NC(=O)Cc2csc(Nc3ccc(Cl)cn3)n2)s1. The molecule has 23 heavy (non-hydrogen) atoms. The van der Waals surface area contributed by atoms with E-state index in [9.17, 15) is 4.79 Å². The molecule has 0 spiro atoms. The summed E-state index contributed by atoms with van der Waals surface area (Å²) in [6.07, 6.45) is 1.72. The first-order chi connectivity index (χ1) is 11.1. The molecule has 3 rings (SSSR count). The molecule has 0 bridgehead atoms. The fraction of sp³-hybridized carbons (Fsp3) is 0.154. The molecule has 0 saturated carbocycles. The Kier molecular flexibility index (Phi) is 4.79. The van der Waals surface area contributed by atoms with Gasteiger partial charge in [0.25, 0.3) is 0 Å². The Hall–Kier alpha value is -2.10. The number of hydrogen-bond donors (Lipinski definition) is 2. The number of aromatic nitrogens is 4. The molecule has 0 atom stereocenters. The minimum Gasteiger partial charge on any atom is -0.316 e. The van der Waals surface area contributed by atoms with Crippen LogP contribution in [0.4, 0.5) is 16.1 Å². The lowest BCUT2D eigenvalue weighted by Crippen LogP contribution is -2.14. The first kappa shape index (κ1) is 15.8. The molecular formula is C13H11ClN6OS2. The maximum atomic E-state index is 11.9. The Morgan fingerprint density at radius 1 is 1.30 bits per heavy atom. The van der Waals surface area contributed by atoms with Crippen molar-refractivity contribution in [3.63, 3.8) is 0 Å². The molecule has 2 N–H and O–H groups in total. The van der Waals surface area contributed by atoms with Crippen LogP contribution < -0.4 is 10.6 Å². The summed E-state index contributed by atoms with van der Waals surface area (Å²) in [5, 5.41) is 17.8. The van der Waals surface area contributed by atoms with Gasteiger partial charge >= 0.3 is 0 Å². The molecule has 0 aliphatic carbocycles. The van der Waals surface area contributed by atoms with Crippen LogP contribution in [0.1, 0.15) is 10.7 Å². The lowest BCUT2D eigenvalue weighted by atomic mass is 10.3. The van der Waals surface area contributed by atoms with E-state index in [4.69, 9.17) is 11.6 Å². The largest absolute Gasteiger partial charge is 0.316 e. The zero-order chi connectivity index (χ0) is 16.2. The van der Waals surface area contributed by atoms with E-state index >= 15 is 0 Å². The molecule has 0 saturated heterocycles. The molecule has 0 fully saturated rings. The third-order valence-corrected chi connectivity index (χ3v) is 4.41. The van der Waals surface area contributed by atoms with Crippen LogP contribution in [0.2, 0.25) is 5.02 Å². The molecule has 3 aromatic rings. The van der Waals surface area contributed by atoms with Gasteiger partial charge in [-0.05, 0) is 19.1 Å². The summed E-state index contributed by atoms with van der Waals surface area (Å²) in [4.78, 5) is 20.4. The molecule has 0 unspecified atom stereocenters. The minimum absolute atomic E-state index is 0.171. The van der Waals surface area contributed by atoms with Crippen molar-refractivity contribution in [3.8, 4) is 0 Å². The smallest absolute Gasteiger partial charge is 0.232 e. The van der Waals surface area contributed by atoms with E-state index < -0.39 is 0 Å². The summed E-state index contributed by atoms with van der Waals surface area (Å²) in [5.41, 5.74) is 0.671. The van der Waals surface area contributed by atoms with Crippen LogP contribution >= 0.6 is 34.3 Å². The van der Waals surface area contributed by atoms with Gasteiger partial charge in [-0.2, -0.15) is 0 Å². The van der Waals surface area contributed by atoms with Crippen molar-refractivity contribution in [2.75, 3.05) is 10.6 Å². The lowest BCUT2D eigenvalue weighted by Gasteiger charge is -2.01. The second kappa shape index (κ2) is 6.99. The fourth-order valence-corrected chi connectivity index (χ4v) is 3.12. The number of halogens is 1. The van der Waals surface area contributed by atoms with Gasteiger partial charge in [-0.15, -0.1) is 21.5 Å². The van der Waals surface area contributed by atoms with E-state index in [1.165, 1.54) is 22.7 Å². The second-order valence-electron chi connectivity index (χ2n) is 4.48. The maximum Gasteiger partial charge on any atom is 0.232 e. The molecule has 10 heteroatoms. The molecule has 118 valence electrons. The number of pyridine rings is 1. The van der Waals surface area contributed by atoms with Crippen molar-refractivity contribution >= 4 is 56.3 Å². The Bertz CT molecular complexity index is 816. The number of aryl methyl sites for hydroxylation is 1. The van der Waals surface area contributed by atoms with Gasteiger partial charge in [0.05, 0.1) is 17.1 Å². The van der Waals surface area contributed by atoms with Crippen molar-refractivity contribution in [2.45, 2.75) is 13.3 Å². The number of nitrogens with one attached hydrogen (secondary N) is 2. The molecule has 0 aromatic carbocycles. The molecule has 0 aliphatic rings. The average Bonchev–Trinajstić information content (AvgIpc) is 3.11. The molecule has 3 heterocycles. The number of thiazole rings is 1. The van der Waals surface area contributed by atoms with Gasteiger partial charge in [-0.1, -0.05) is 22.9 Å². The van der Waals surface area contributed by atoms with Gasteiger partial charge in [-0.25, -0.2) is 9.97 Å². The standard InChI is InChI=1S/C13H11ClN6OS2/c1-7-19-20-13(23-7)18-11(21)4-9-6-22-12(16-9)17-10-3-2-8(14)5-15-10/h2-3,5-6H,4H2,1H3,(H,15,16,17)(H,18,20,21). The minimum atomic E-state index is -0.178. The first-order valence-electron chi connectivity index (χ1n) is 6.51. The van der Waals surface area contributed by atoms with Gasteiger partial charge in [0, 0.05) is 11.6 Å². The van der Waals surface area contributed by atoms with E-state index in [-0.39, 0.29) is 12.3 Å². The van der Waals surface area contributed by atoms with Crippen LogP contribution in [-0.4, -0.2) is 26.1 Å². The van der Waals surface area contributed by atoms with E-state index in [0.29, 0.717) is 26.8 Å². The summed E-state index contributed by atoms with van der Waals surface area (Å²) >= 11 is 8.52. The fourth-order valence-electron chi connectivity index (χ4n) is 1.68. The van der Waals surface area contributed by atoms with Crippen LogP contribution in [0.15, 0.2) is 23.7 Å². The summed E-state index contributed by atoms with van der Waals surface area (Å²) in [6, 6.07) is 3.50. The Balaban J connectivity index is 1.58. The number of rotatable bonds is 5. The highest BCUT2D eigenvalue weighted by Crippen LogP contribution is 2.21. The third-order valence-electron chi connectivity index (χ3n) is 2.63. The zero-order valence-electron chi connectivity index (χ0n) is 11.9. The zero-order valence-corrected chi connectivity index (χ0v) is 14.3. The van der Waals surface area contributed by atoms with Crippen LogP contribution in [0.25, 0.3) is 0 Å². The van der Waals surface area contributed by atoms with E-state index in [1.807, 2.05) is 12.3 Å². The van der Waals surface area contributed by atoms with Gasteiger partial charge in [0.15, 0.2) is 5.13 Å². The van der Waals surface area contributed by atoms with Crippen LogP contribution in [0, 0.1) is 6.92 Å². The summed E-state index contributed by atoms with van der Waals surface area (Å²) < 4.78 is 0. The van der Waals surface area contributed by atoms with E-state index in [1.54, 1.807) is 18.3 Å². The molecule has 0 radical (unpaired) electrons. The van der Waals surface area contributed by atoms with Gasteiger partial charge in [0.1, 0.15) is 10.8 Å². The molecule has 3 aromatic heterocycles. The molecular weight excluding hydrogens is 356 g/mol. The van der Waals surface area contributed by atoms with Crippen molar-refractivity contribution < 1.29 is 4.79 Å². The van der Waals surface area contributed by atoms with Gasteiger partial charge in [-0.3, -0.25) is 4.79 Å². The Labute approximate surface area is 144 Å². The highest BCUT2D eigenvalue weighted by atomic mass is 35.5. The lowest BCUT2D eigenvalue weighted by molar-refractivity contribution is -0.115. The summed E-state index contributed by atoms with van der Waals surface area (Å²) in [5.74, 6) is 0.465. The normalized spacial score (nSPS) is 10.5. The molecule has 1 amide bonds. The van der Waals surface area contributed by atoms with E-state index in [0.717, 1.165) is 5.01 Å².